The molecule has 1 atom stereocenters. The van der Waals surface area contributed by atoms with Crippen molar-refractivity contribution >= 4 is 16.9 Å². The molecule has 7 heteroatoms. The highest BCUT2D eigenvalue weighted by Gasteiger charge is 2.25. The van der Waals surface area contributed by atoms with Crippen molar-refractivity contribution in [3.63, 3.8) is 0 Å². The number of piperidine rings is 1. The Balaban J connectivity index is 1.48. The molecule has 0 aliphatic carbocycles. The number of hydrogen-bond donors (Lipinski definition) is 2. The van der Waals surface area contributed by atoms with Crippen LogP contribution in [0.25, 0.3) is 11.0 Å². The van der Waals surface area contributed by atoms with Crippen LogP contribution >= 0.6 is 0 Å². The number of aromatic amines is 2. The van der Waals surface area contributed by atoms with E-state index in [4.69, 9.17) is 0 Å². The molecular weight excluding hydrogens is 304 g/mol. The monoisotopic (exact) mass is 324 g/mol. The minimum absolute atomic E-state index is 0.0749. The van der Waals surface area contributed by atoms with Gasteiger partial charge in [-0.25, -0.2) is 0 Å². The second-order valence-corrected chi connectivity index (χ2v) is 6.52. The van der Waals surface area contributed by atoms with Crippen LogP contribution in [0.15, 0.2) is 24.4 Å². The summed E-state index contributed by atoms with van der Waals surface area (Å²) in [6, 6.07) is 5.47. The summed E-state index contributed by atoms with van der Waals surface area (Å²) in [5.41, 5.74) is 4.54. The summed E-state index contributed by atoms with van der Waals surface area (Å²) < 4.78 is 0. The van der Waals surface area contributed by atoms with Crippen LogP contribution in [0.1, 0.15) is 34.5 Å². The van der Waals surface area contributed by atoms with E-state index in [1.165, 1.54) is 11.3 Å². The van der Waals surface area contributed by atoms with Crippen LogP contribution in [0.5, 0.6) is 0 Å². The Morgan fingerprint density at radius 3 is 3.04 bits per heavy atom. The van der Waals surface area contributed by atoms with E-state index in [2.05, 4.69) is 32.5 Å². The predicted molar refractivity (Wildman–Crippen MR) is 89.5 cm³/mol. The Kier molecular flexibility index (Phi) is 3.76. The van der Waals surface area contributed by atoms with Crippen LogP contribution < -0.4 is 0 Å². The third kappa shape index (κ3) is 2.77. The predicted octanol–water partition coefficient (Wildman–Crippen LogP) is 2.08. The third-order valence-electron chi connectivity index (χ3n) is 4.80. The Labute approximate surface area is 139 Å². The van der Waals surface area contributed by atoms with Gasteiger partial charge >= 0.3 is 0 Å². The van der Waals surface area contributed by atoms with Crippen molar-refractivity contribution < 1.29 is 4.79 Å². The van der Waals surface area contributed by atoms with E-state index in [0.29, 0.717) is 11.5 Å². The topological polar surface area (TPSA) is 90.6 Å². The molecule has 1 amide bonds. The zero-order chi connectivity index (χ0) is 16.5. The van der Waals surface area contributed by atoms with Gasteiger partial charge in [-0.15, -0.1) is 0 Å². The molecule has 0 spiro atoms. The Bertz CT molecular complexity index is 867. The van der Waals surface area contributed by atoms with Crippen LogP contribution in [0, 0.1) is 12.8 Å². The van der Waals surface area contributed by atoms with Crippen LogP contribution in [0.4, 0.5) is 0 Å². The van der Waals surface area contributed by atoms with Crippen LogP contribution in [-0.4, -0.2) is 49.5 Å². The van der Waals surface area contributed by atoms with E-state index in [1.807, 2.05) is 29.3 Å². The van der Waals surface area contributed by atoms with Gasteiger partial charge in [-0.3, -0.25) is 9.89 Å². The van der Waals surface area contributed by atoms with Gasteiger partial charge in [0, 0.05) is 24.3 Å². The van der Waals surface area contributed by atoms with E-state index < -0.39 is 0 Å². The first-order valence-corrected chi connectivity index (χ1v) is 8.29. The molecule has 0 bridgehead atoms. The summed E-state index contributed by atoms with van der Waals surface area (Å²) in [6.45, 7) is 3.67. The first-order valence-electron chi connectivity index (χ1n) is 8.29. The number of fused-ring (bicyclic) bond motifs is 1. The van der Waals surface area contributed by atoms with E-state index in [9.17, 15) is 4.79 Å². The molecule has 1 saturated heterocycles. The molecule has 1 aliphatic rings. The lowest BCUT2D eigenvalue weighted by Crippen LogP contribution is -2.40. The third-order valence-corrected chi connectivity index (χ3v) is 4.80. The molecule has 0 radical (unpaired) electrons. The maximum Gasteiger partial charge on any atom is 0.253 e. The summed E-state index contributed by atoms with van der Waals surface area (Å²) >= 11 is 0. The average Bonchev–Trinajstić information content (AvgIpc) is 3.23. The number of amides is 1. The average molecular weight is 324 g/mol. The van der Waals surface area contributed by atoms with Crippen molar-refractivity contribution in [3.05, 3.63) is 41.2 Å². The number of aryl methyl sites for hydroxylation is 1. The molecule has 1 aliphatic heterocycles. The van der Waals surface area contributed by atoms with Crippen LogP contribution in [0.3, 0.4) is 0 Å². The molecule has 3 aromatic rings. The van der Waals surface area contributed by atoms with Crippen molar-refractivity contribution in [1.29, 1.82) is 0 Å². The molecule has 1 aromatic carbocycles. The molecule has 0 unspecified atom stereocenters. The van der Waals surface area contributed by atoms with E-state index in [0.717, 1.165) is 43.4 Å². The Hall–Kier alpha value is -2.70. The highest BCUT2D eigenvalue weighted by Crippen LogP contribution is 2.23. The van der Waals surface area contributed by atoms with Gasteiger partial charge in [0.05, 0.1) is 6.20 Å². The summed E-state index contributed by atoms with van der Waals surface area (Å²) in [5.74, 6) is 0.545. The fourth-order valence-corrected chi connectivity index (χ4v) is 3.44. The lowest BCUT2D eigenvalue weighted by atomic mass is 9.92. The highest BCUT2D eigenvalue weighted by molar-refractivity contribution is 5.97. The van der Waals surface area contributed by atoms with Crippen LogP contribution in [-0.2, 0) is 6.42 Å². The van der Waals surface area contributed by atoms with Crippen molar-refractivity contribution in [2.75, 3.05) is 13.1 Å². The van der Waals surface area contributed by atoms with E-state index in [1.54, 1.807) is 0 Å². The second-order valence-electron chi connectivity index (χ2n) is 6.52. The number of nitrogens with zero attached hydrogens (tertiary/aromatic N) is 4. The Morgan fingerprint density at radius 2 is 2.21 bits per heavy atom. The number of carbonyl (C=O) groups is 1. The lowest BCUT2D eigenvalue weighted by molar-refractivity contribution is 0.0673. The van der Waals surface area contributed by atoms with Crippen LogP contribution in [0.2, 0.25) is 0 Å². The largest absolute Gasteiger partial charge is 0.338 e. The smallest absolute Gasteiger partial charge is 0.253 e. The number of hydrogen-bond acceptors (Lipinski definition) is 4. The van der Waals surface area contributed by atoms with Gasteiger partial charge in [-0.05, 0) is 55.9 Å². The molecule has 2 N–H and O–H groups in total. The van der Waals surface area contributed by atoms with Gasteiger partial charge < -0.3 is 4.90 Å². The highest BCUT2D eigenvalue weighted by atomic mass is 16.2. The molecule has 3 heterocycles. The summed E-state index contributed by atoms with van der Waals surface area (Å²) in [7, 11) is 0. The molecule has 124 valence electrons. The zero-order valence-corrected chi connectivity index (χ0v) is 13.6. The fraction of sp³-hybridized carbons (Fsp3) is 0.412. The van der Waals surface area contributed by atoms with Crippen molar-refractivity contribution in [3.8, 4) is 0 Å². The standard InChI is InChI=1S/C17H20N6O/c1-11-9-18-19-15(11)7-12-3-2-6-23(10-12)17(24)13-4-5-14-16(8-13)21-22-20-14/h4-5,8-9,12H,2-3,6-7,10H2,1H3,(H,18,19)(H,20,21,22)/t12-/m0/s1. The zero-order valence-electron chi connectivity index (χ0n) is 13.6. The van der Waals surface area contributed by atoms with Crippen molar-refractivity contribution in [1.82, 2.24) is 30.5 Å². The van der Waals surface area contributed by atoms with E-state index in [-0.39, 0.29) is 5.91 Å². The summed E-state index contributed by atoms with van der Waals surface area (Å²) in [4.78, 5) is 14.8. The second kappa shape index (κ2) is 6.07. The summed E-state index contributed by atoms with van der Waals surface area (Å²) in [5, 5.41) is 17.8. The molecule has 0 saturated carbocycles. The number of likely N-dealkylation sites (tertiary alicyclic amines) is 1. The SMILES string of the molecule is Cc1cn[nH]c1C[C@@H]1CCCN(C(=O)c2ccc3n[nH]nc3c2)C1. The number of nitrogens with one attached hydrogen (secondary N) is 2. The van der Waals surface area contributed by atoms with Gasteiger partial charge in [0.2, 0.25) is 0 Å². The molecular formula is C17H20N6O. The molecule has 24 heavy (non-hydrogen) atoms. The normalized spacial score (nSPS) is 18.2. The lowest BCUT2D eigenvalue weighted by Gasteiger charge is -2.32. The van der Waals surface area contributed by atoms with Gasteiger partial charge in [0.25, 0.3) is 5.91 Å². The first-order chi connectivity index (χ1) is 11.7. The fourth-order valence-electron chi connectivity index (χ4n) is 3.44. The molecule has 4 rings (SSSR count). The minimum atomic E-state index is 0.0749. The number of aromatic nitrogens is 5. The number of rotatable bonds is 3. The summed E-state index contributed by atoms with van der Waals surface area (Å²) in [6.07, 6.45) is 4.98. The van der Waals surface area contributed by atoms with Gasteiger partial charge in [-0.1, -0.05) is 0 Å². The van der Waals surface area contributed by atoms with Crippen molar-refractivity contribution in [2.45, 2.75) is 26.2 Å². The number of carbonyl (C=O) groups excluding carboxylic acids is 1. The van der Waals surface area contributed by atoms with Crippen molar-refractivity contribution in [2.24, 2.45) is 5.92 Å². The number of H-pyrrole nitrogens is 2. The first kappa shape index (κ1) is 14.9. The van der Waals surface area contributed by atoms with E-state index >= 15 is 0 Å². The Morgan fingerprint density at radius 1 is 1.33 bits per heavy atom. The molecule has 2 aromatic heterocycles. The molecule has 7 nitrogen and oxygen atoms in total. The minimum Gasteiger partial charge on any atom is -0.338 e. The quantitative estimate of drug-likeness (QED) is 0.772. The molecule has 1 fully saturated rings. The van der Waals surface area contributed by atoms with Gasteiger partial charge in [0.1, 0.15) is 11.0 Å². The maximum atomic E-state index is 12.8. The number of benzene rings is 1. The van der Waals surface area contributed by atoms with Gasteiger partial charge in [0.15, 0.2) is 0 Å². The van der Waals surface area contributed by atoms with Gasteiger partial charge in [-0.2, -0.15) is 20.5 Å². The maximum absolute atomic E-state index is 12.8.